The number of hydrogen-bond acceptors (Lipinski definition) is 5. The molecule has 3 aliphatic heterocycles. The van der Waals surface area contributed by atoms with Gasteiger partial charge in [0.1, 0.15) is 12.3 Å². The topological polar surface area (TPSA) is 79.4 Å². The second-order valence-corrected chi connectivity index (χ2v) is 11.2. The first-order valence-corrected chi connectivity index (χ1v) is 14.5. The minimum Gasteiger partial charge on any atom is -0.493 e. The molecule has 226 valence electrons. The summed E-state index contributed by atoms with van der Waals surface area (Å²) >= 11 is 0. The van der Waals surface area contributed by atoms with E-state index < -0.39 is 17.6 Å². The van der Waals surface area contributed by atoms with Crippen LogP contribution in [-0.2, 0) is 27.0 Å². The van der Waals surface area contributed by atoms with E-state index in [0.717, 1.165) is 37.1 Å². The largest absolute Gasteiger partial charge is 0.493 e. The van der Waals surface area contributed by atoms with Crippen molar-refractivity contribution in [2.24, 2.45) is 11.8 Å². The highest BCUT2D eigenvalue weighted by atomic mass is 19.4. The molecular weight excluding hydrogens is 551 g/mol. The van der Waals surface area contributed by atoms with Gasteiger partial charge < -0.3 is 24.2 Å². The zero-order valence-electron chi connectivity index (χ0n) is 23.5. The Morgan fingerprint density at radius 1 is 0.881 bits per heavy atom. The maximum atomic E-state index is 13.6. The number of alkyl halides is 3. The molecule has 2 aromatic rings. The van der Waals surface area contributed by atoms with Crippen molar-refractivity contribution in [2.45, 2.75) is 38.4 Å². The molecule has 5 rings (SSSR count). The van der Waals surface area contributed by atoms with Gasteiger partial charge in [-0.1, -0.05) is 18.2 Å². The van der Waals surface area contributed by atoms with Gasteiger partial charge in [-0.05, 0) is 61.4 Å². The summed E-state index contributed by atoms with van der Waals surface area (Å²) < 4.78 is 50.8. The highest BCUT2D eigenvalue weighted by molar-refractivity contribution is 5.96. The number of rotatable bonds is 3. The van der Waals surface area contributed by atoms with Crippen molar-refractivity contribution in [1.82, 2.24) is 14.7 Å². The average Bonchev–Trinajstić information content (AvgIpc) is 3.00. The third kappa shape index (κ3) is 7.24. The summed E-state index contributed by atoms with van der Waals surface area (Å²) in [6, 6.07) is 11.3. The molecule has 3 heterocycles. The van der Waals surface area contributed by atoms with E-state index in [9.17, 15) is 27.6 Å². The average molecular weight is 588 g/mol. The van der Waals surface area contributed by atoms with Crippen LogP contribution in [-0.4, -0.2) is 85.0 Å². The number of amides is 3. The van der Waals surface area contributed by atoms with Crippen molar-refractivity contribution in [3.8, 4) is 5.75 Å². The van der Waals surface area contributed by atoms with Gasteiger partial charge in [0.05, 0.1) is 31.9 Å². The van der Waals surface area contributed by atoms with Crippen LogP contribution in [0, 0.1) is 11.8 Å². The molecule has 2 bridgehead atoms. The first-order chi connectivity index (χ1) is 20.2. The Balaban J connectivity index is 1.36. The van der Waals surface area contributed by atoms with Gasteiger partial charge in [0.2, 0.25) is 11.8 Å². The monoisotopic (exact) mass is 587 g/mol. The Kier molecular flexibility index (Phi) is 9.35. The minimum absolute atomic E-state index is 0.0652. The zero-order chi connectivity index (χ0) is 29.7. The fourth-order valence-corrected chi connectivity index (χ4v) is 6.02. The molecule has 0 saturated carbocycles. The Morgan fingerprint density at radius 3 is 2.36 bits per heavy atom. The number of halogens is 3. The Hall–Kier alpha value is -3.60. The number of fused-ring (bicyclic) bond motifs is 3. The molecule has 3 amide bonds. The van der Waals surface area contributed by atoms with Crippen molar-refractivity contribution in [2.75, 3.05) is 52.5 Å². The molecule has 0 unspecified atom stereocenters. The minimum atomic E-state index is -4.52. The van der Waals surface area contributed by atoms with Crippen LogP contribution in [0.15, 0.2) is 48.5 Å². The number of piperidine rings is 1. The maximum Gasteiger partial charge on any atom is 0.416 e. The van der Waals surface area contributed by atoms with E-state index in [1.165, 1.54) is 4.90 Å². The molecule has 2 aromatic carbocycles. The maximum absolute atomic E-state index is 13.6. The second-order valence-electron chi connectivity index (χ2n) is 11.2. The van der Waals surface area contributed by atoms with E-state index in [1.54, 1.807) is 4.90 Å². The fraction of sp³-hybridized carbons (Fsp3) is 0.516. The first-order valence-electron chi connectivity index (χ1n) is 14.5. The smallest absolute Gasteiger partial charge is 0.416 e. The van der Waals surface area contributed by atoms with Crippen LogP contribution >= 0.6 is 0 Å². The number of carbonyl (C=O) groups is 3. The van der Waals surface area contributed by atoms with E-state index in [4.69, 9.17) is 9.47 Å². The molecule has 3 aliphatic rings. The van der Waals surface area contributed by atoms with E-state index in [1.807, 2.05) is 29.2 Å². The van der Waals surface area contributed by atoms with Crippen LogP contribution in [0.1, 0.15) is 47.2 Å². The van der Waals surface area contributed by atoms with Gasteiger partial charge in [0.15, 0.2) is 0 Å². The first kappa shape index (κ1) is 29.9. The summed E-state index contributed by atoms with van der Waals surface area (Å²) in [6.07, 6.45) is -1.87. The molecule has 0 spiro atoms. The number of hydrogen-bond donors (Lipinski definition) is 0. The van der Waals surface area contributed by atoms with E-state index in [0.29, 0.717) is 70.2 Å². The molecule has 8 nitrogen and oxygen atoms in total. The number of para-hydroxylation sites is 1. The van der Waals surface area contributed by atoms with Crippen molar-refractivity contribution in [3.05, 3.63) is 65.2 Å². The highest BCUT2D eigenvalue weighted by Crippen LogP contribution is 2.33. The lowest BCUT2D eigenvalue weighted by molar-refractivity contribution is -0.139. The molecular formula is C31H36F3N3O5. The number of carbonyl (C=O) groups excluding carboxylic acids is 3. The van der Waals surface area contributed by atoms with Crippen molar-refractivity contribution in [3.63, 3.8) is 0 Å². The van der Waals surface area contributed by atoms with E-state index in [2.05, 4.69) is 0 Å². The Bertz CT molecular complexity index is 1260. The number of morpholine rings is 1. The predicted octanol–water partition coefficient (Wildman–Crippen LogP) is 4.23. The van der Waals surface area contributed by atoms with Crippen LogP contribution in [0.25, 0.3) is 0 Å². The Labute approximate surface area is 243 Å². The molecule has 0 aromatic heterocycles. The van der Waals surface area contributed by atoms with Crippen molar-refractivity contribution >= 4 is 17.7 Å². The molecule has 42 heavy (non-hydrogen) atoms. The quantitative estimate of drug-likeness (QED) is 0.537. The third-order valence-electron chi connectivity index (χ3n) is 8.43. The summed E-state index contributed by atoms with van der Waals surface area (Å²) in [5.74, 6) is 0.180. The van der Waals surface area contributed by atoms with Gasteiger partial charge in [0.25, 0.3) is 5.91 Å². The zero-order valence-corrected chi connectivity index (χ0v) is 23.5. The van der Waals surface area contributed by atoms with Crippen molar-refractivity contribution in [1.29, 1.82) is 0 Å². The van der Waals surface area contributed by atoms with Gasteiger partial charge >= 0.3 is 6.18 Å². The number of nitrogens with zero attached hydrogens (tertiary/aromatic N) is 3. The van der Waals surface area contributed by atoms with E-state index >= 15 is 0 Å². The molecule has 0 N–H and O–H groups in total. The van der Waals surface area contributed by atoms with E-state index in [-0.39, 0.29) is 42.3 Å². The van der Waals surface area contributed by atoms with Gasteiger partial charge in [-0.3, -0.25) is 14.4 Å². The standard InChI is InChI=1S/C31H36F3N3O5/c32-31(33,34)26-9-7-22(8-10-26)30(40)37-20-25-4-1-2-6-27(25)42-15-3-5-24-19-36(29(39)21-37)12-11-23(24)18-28(38)35-13-16-41-17-14-35/h1-2,4,6-10,23-24H,3,5,11-21H2/t23-,24-/m0/s1. The molecule has 2 saturated heterocycles. The summed E-state index contributed by atoms with van der Waals surface area (Å²) in [5.41, 5.74) is -0.0756. The molecule has 2 atom stereocenters. The van der Waals surface area contributed by atoms with Gasteiger partial charge in [-0.2, -0.15) is 13.2 Å². The predicted molar refractivity (Wildman–Crippen MR) is 148 cm³/mol. The van der Waals surface area contributed by atoms with Gasteiger partial charge in [-0.25, -0.2) is 0 Å². The van der Waals surface area contributed by atoms with Gasteiger partial charge in [0, 0.05) is 43.7 Å². The third-order valence-corrected chi connectivity index (χ3v) is 8.43. The summed E-state index contributed by atoms with van der Waals surface area (Å²) in [6.45, 7) is 3.52. The molecule has 2 fully saturated rings. The molecule has 11 heteroatoms. The second kappa shape index (κ2) is 13.1. The lowest BCUT2D eigenvalue weighted by atomic mass is 9.80. The highest BCUT2D eigenvalue weighted by Gasteiger charge is 2.35. The van der Waals surface area contributed by atoms with Crippen molar-refractivity contribution < 1.29 is 37.0 Å². The fourth-order valence-electron chi connectivity index (χ4n) is 6.02. The summed E-state index contributed by atoms with van der Waals surface area (Å²) in [4.78, 5) is 45.2. The summed E-state index contributed by atoms with van der Waals surface area (Å²) in [5, 5.41) is 0. The van der Waals surface area contributed by atoms with Crippen LogP contribution < -0.4 is 4.74 Å². The van der Waals surface area contributed by atoms with Crippen LogP contribution in [0.3, 0.4) is 0 Å². The number of ether oxygens (including phenoxy) is 2. The normalized spacial score (nSPS) is 22.3. The van der Waals surface area contributed by atoms with Crippen LogP contribution in [0.2, 0.25) is 0 Å². The molecule has 0 radical (unpaired) electrons. The number of benzene rings is 2. The SMILES string of the molecule is O=C(C[C@@H]1CCN2C[C@@H]1CCCOc1ccccc1CN(C(=O)c1ccc(C(F)(F)F)cc1)CC2=O)N1CCOCC1. The summed E-state index contributed by atoms with van der Waals surface area (Å²) in [7, 11) is 0. The lowest BCUT2D eigenvalue weighted by Gasteiger charge is -2.40. The molecule has 0 aliphatic carbocycles. The van der Waals surface area contributed by atoms with Crippen LogP contribution in [0.4, 0.5) is 13.2 Å². The van der Waals surface area contributed by atoms with Gasteiger partial charge in [-0.15, -0.1) is 0 Å². The Morgan fingerprint density at radius 2 is 1.62 bits per heavy atom. The lowest BCUT2D eigenvalue weighted by Crippen LogP contribution is -2.49. The van der Waals surface area contributed by atoms with Crippen LogP contribution in [0.5, 0.6) is 5.75 Å².